The highest BCUT2D eigenvalue weighted by Crippen LogP contribution is 2.75. The smallest absolute Gasteiger partial charge is 0.415 e. The summed E-state index contributed by atoms with van der Waals surface area (Å²) >= 11 is 0. The monoisotopic (exact) mass is 667 g/mol. The maximum atomic E-state index is 13.7. The van der Waals surface area contributed by atoms with Crippen molar-refractivity contribution < 1.29 is 41.8 Å². The van der Waals surface area contributed by atoms with Crippen LogP contribution in [-0.4, -0.2) is 51.0 Å². The van der Waals surface area contributed by atoms with Crippen LogP contribution in [0, 0.1) is 50.5 Å². The van der Waals surface area contributed by atoms with Gasteiger partial charge in [-0.3, -0.25) is 19.0 Å². The number of rotatable bonds is 8. The highest BCUT2D eigenvalue weighted by Gasteiger charge is 2.71. The van der Waals surface area contributed by atoms with Gasteiger partial charge in [0.05, 0.1) is 10.1 Å². The molecule has 3 unspecified atom stereocenters. The van der Waals surface area contributed by atoms with Crippen LogP contribution in [0.1, 0.15) is 78.6 Å². The van der Waals surface area contributed by atoms with Crippen molar-refractivity contribution in [3.05, 3.63) is 35.5 Å². The van der Waals surface area contributed by atoms with Crippen LogP contribution in [0.5, 0.6) is 5.88 Å². The number of ketones is 1. The van der Waals surface area contributed by atoms with E-state index in [0.717, 1.165) is 51.4 Å². The summed E-state index contributed by atoms with van der Waals surface area (Å²) in [5.74, 6) is 4.84. The molecule has 4 aliphatic rings. The van der Waals surface area contributed by atoms with Gasteiger partial charge in [-0.2, -0.15) is 0 Å². The van der Waals surface area contributed by atoms with Gasteiger partial charge in [0.1, 0.15) is 12.3 Å². The molecule has 1 aromatic carbocycles. The molecule has 0 saturated heterocycles. The average Bonchev–Trinajstić information content (AvgIpc) is 3.52. The third-order valence-electron chi connectivity index (χ3n) is 12.0. The molecular formula is C34H41N3O9S. The van der Waals surface area contributed by atoms with E-state index in [0.29, 0.717) is 18.1 Å². The minimum Gasteiger partial charge on any atom is -0.451 e. The number of aromatic nitrogens is 2. The summed E-state index contributed by atoms with van der Waals surface area (Å²) in [6.45, 7) is 5.55. The zero-order valence-electron chi connectivity index (χ0n) is 27.0. The average molecular weight is 668 g/mol. The van der Waals surface area contributed by atoms with Crippen LogP contribution < -0.4 is 15.0 Å². The van der Waals surface area contributed by atoms with Gasteiger partial charge in [0.15, 0.2) is 13.2 Å². The zero-order valence-corrected chi connectivity index (χ0v) is 27.8. The number of sulfone groups is 1. The van der Waals surface area contributed by atoms with Crippen LogP contribution in [-0.2, 0) is 29.0 Å². The van der Waals surface area contributed by atoms with Crippen LogP contribution in [0.2, 0.25) is 0 Å². The van der Waals surface area contributed by atoms with Gasteiger partial charge >= 0.3 is 16.9 Å². The van der Waals surface area contributed by atoms with Crippen LogP contribution in [0.25, 0.3) is 0 Å². The van der Waals surface area contributed by atoms with Crippen molar-refractivity contribution in [2.24, 2.45) is 33.5 Å². The Morgan fingerprint density at radius 2 is 1.83 bits per heavy atom. The van der Waals surface area contributed by atoms with E-state index in [1.165, 1.54) is 24.3 Å². The number of ether oxygens (including phenoxy) is 2. The molecule has 1 spiro atoms. The second-order valence-electron chi connectivity index (χ2n) is 14.4. The molecule has 0 aliphatic heterocycles. The lowest BCUT2D eigenvalue weighted by atomic mass is 9.38. The number of Topliss-reactive ketones (excluding diaryl/α,β-unsaturated/α-hetero) is 1. The first kappa shape index (κ1) is 33.0. The summed E-state index contributed by atoms with van der Waals surface area (Å²) in [6, 6.07) is 7.29. The molecule has 0 radical (unpaired) electrons. The Labute approximate surface area is 274 Å². The number of carbonyl (C=O) groups excluding carboxylic acids is 3. The number of carbonyl (C=O) groups is 3. The van der Waals surface area contributed by atoms with E-state index in [1.807, 2.05) is 6.92 Å². The van der Waals surface area contributed by atoms with Gasteiger partial charge in [-0.05, 0) is 84.6 Å². The summed E-state index contributed by atoms with van der Waals surface area (Å²) in [7, 11) is -4.26. The maximum absolute atomic E-state index is 13.7. The number of nitrogens with zero attached hydrogens (tertiary/aromatic N) is 2. The van der Waals surface area contributed by atoms with E-state index < -0.39 is 32.1 Å². The molecule has 1 amide bonds. The summed E-state index contributed by atoms with van der Waals surface area (Å²) < 4.78 is 40.5. The first-order valence-electron chi connectivity index (χ1n) is 16.2. The lowest BCUT2D eigenvalue weighted by Gasteiger charge is -2.66. The van der Waals surface area contributed by atoms with E-state index in [1.54, 1.807) is 6.07 Å². The quantitative estimate of drug-likeness (QED) is 0.250. The molecule has 1 N–H and O–H groups in total. The molecule has 47 heavy (non-hydrogen) atoms. The number of amides is 1. The fraction of sp³-hybridized carbons (Fsp3) is 0.618. The SMILES string of the molecule is C[C@@]12CCC3CCC4[C@](C)(C(=O)NCC(=O)OCC#CCOc5no[n+]([O-])c5S(=O)(=O)c5ccccc5)CCC[C@@]4(C)C3(CC1=O)C2. The fourth-order valence-corrected chi connectivity index (χ4v) is 10.9. The van der Waals surface area contributed by atoms with Gasteiger partial charge < -0.3 is 20.0 Å². The van der Waals surface area contributed by atoms with Gasteiger partial charge in [0.2, 0.25) is 5.91 Å². The second kappa shape index (κ2) is 12.0. The number of hydrogen-bond acceptors (Lipinski definition) is 10. The largest absolute Gasteiger partial charge is 0.451 e. The van der Waals surface area contributed by atoms with Crippen molar-refractivity contribution in [1.82, 2.24) is 10.5 Å². The molecule has 252 valence electrons. The van der Waals surface area contributed by atoms with Gasteiger partial charge in [-0.25, -0.2) is 8.42 Å². The zero-order chi connectivity index (χ0) is 33.7. The first-order chi connectivity index (χ1) is 22.3. The number of fused-ring (bicyclic) bond motifs is 2. The molecule has 1 heterocycles. The minimum atomic E-state index is -4.26. The minimum absolute atomic E-state index is 0.0508. The topological polar surface area (TPSA) is 169 Å². The predicted octanol–water partition coefficient (Wildman–Crippen LogP) is 3.55. The van der Waals surface area contributed by atoms with E-state index >= 15 is 0 Å². The van der Waals surface area contributed by atoms with Gasteiger partial charge in [0, 0.05) is 17.3 Å². The molecule has 4 fully saturated rings. The summed E-state index contributed by atoms with van der Waals surface area (Å²) in [5.41, 5.74) is -1.05. The lowest BCUT2D eigenvalue weighted by Crippen LogP contribution is -2.62. The van der Waals surface area contributed by atoms with Crippen molar-refractivity contribution in [3.8, 4) is 17.7 Å². The third-order valence-corrected chi connectivity index (χ3v) is 13.8. The Morgan fingerprint density at radius 1 is 1.09 bits per heavy atom. The molecule has 6 atom stereocenters. The highest BCUT2D eigenvalue weighted by atomic mass is 32.2. The van der Waals surface area contributed by atoms with Crippen molar-refractivity contribution in [2.45, 2.75) is 88.5 Å². The van der Waals surface area contributed by atoms with E-state index in [2.05, 4.69) is 40.8 Å². The van der Waals surface area contributed by atoms with Gasteiger partial charge in [-0.1, -0.05) is 57.2 Å². The van der Waals surface area contributed by atoms with Gasteiger partial charge in [0.25, 0.3) is 9.84 Å². The molecule has 13 heteroatoms. The Morgan fingerprint density at radius 3 is 2.60 bits per heavy atom. The van der Waals surface area contributed by atoms with E-state index in [9.17, 15) is 28.0 Å². The molecule has 2 aromatic rings. The van der Waals surface area contributed by atoms with Crippen molar-refractivity contribution in [3.63, 3.8) is 0 Å². The molecule has 6 rings (SSSR count). The van der Waals surface area contributed by atoms with Crippen molar-refractivity contribution in [1.29, 1.82) is 0 Å². The normalized spacial score (nSPS) is 32.7. The van der Waals surface area contributed by atoms with E-state index in [4.69, 9.17) is 9.47 Å². The summed E-state index contributed by atoms with van der Waals surface area (Å²) in [4.78, 5) is 39.1. The third kappa shape index (κ3) is 5.38. The van der Waals surface area contributed by atoms with Crippen LogP contribution in [0.4, 0.5) is 0 Å². The van der Waals surface area contributed by atoms with Gasteiger partial charge in [-0.15, -0.1) is 0 Å². The highest BCUT2D eigenvalue weighted by molar-refractivity contribution is 7.91. The number of esters is 1. The Balaban J connectivity index is 1.01. The first-order valence-corrected chi connectivity index (χ1v) is 17.7. The Hall–Kier alpha value is -3.92. The van der Waals surface area contributed by atoms with Crippen LogP contribution in [0.3, 0.4) is 0 Å². The number of hydrogen-bond donors (Lipinski definition) is 1. The number of benzene rings is 1. The Bertz CT molecular complexity index is 1750. The predicted molar refractivity (Wildman–Crippen MR) is 165 cm³/mol. The molecule has 12 nitrogen and oxygen atoms in total. The molecular weight excluding hydrogens is 626 g/mol. The summed E-state index contributed by atoms with van der Waals surface area (Å²) in [5, 5.41) is 17.4. The van der Waals surface area contributed by atoms with Crippen molar-refractivity contribution in [2.75, 3.05) is 19.8 Å². The van der Waals surface area contributed by atoms with E-state index in [-0.39, 0.29) is 57.6 Å². The Kier molecular flexibility index (Phi) is 8.39. The molecule has 2 bridgehead atoms. The van der Waals surface area contributed by atoms with Crippen molar-refractivity contribution >= 4 is 27.5 Å². The maximum Gasteiger partial charge on any atom is 0.415 e. The molecule has 4 saturated carbocycles. The summed E-state index contributed by atoms with van der Waals surface area (Å²) in [6.07, 6.45) is 8.25. The van der Waals surface area contributed by atoms with Crippen LogP contribution in [0.15, 0.2) is 44.9 Å². The number of nitrogens with one attached hydrogen (secondary N) is 1. The lowest BCUT2D eigenvalue weighted by molar-refractivity contribution is -0.832. The van der Waals surface area contributed by atoms with Crippen LogP contribution >= 0.6 is 0 Å². The molecule has 1 aromatic heterocycles. The fourth-order valence-electron chi connectivity index (χ4n) is 9.65. The second-order valence-corrected chi connectivity index (χ2v) is 16.3. The standard InChI is InChI=1S/C34H41N3O9S/c1-31-17-14-23-12-13-25-32(2,15-9-16-33(25,3)34(23,22-31)20-26(31)38)30(40)35-21-27(39)44-18-7-8-19-45-28-29(37(41)46-36-28)47(42,43)24-10-5-4-6-11-24/h4-6,10-11,23,25H,9,12-22H2,1-3H3,(H,35,40)/t23?,25?,31-,32+,33+,34?/m0/s1. The molecule has 4 aliphatic carbocycles.